The van der Waals surface area contributed by atoms with E-state index >= 15 is 0 Å². The van der Waals surface area contributed by atoms with Gasteiger partial charge in [-0.15, -0.1) is 0 Å². The molecule has 146 valence electrons. The zero-order valence-electron chi connectivity index (χ0n) is 15.3. The zero-order chi connectivity index (χ0) is 20.2. The number of aromatic nitrogens is 2. The number of carboxylic acids is 1. The fourth-order valence-corrected chi connectivity index (χ4v) is 3.40. The monoisotopic (exact) mass is 394 g/mol. The number of hydrogen-bond donors (Lipinski definition) is 3. The molecule has 27 heavy (non-hydrogen) atoms. The van der Waals surface area contributed by atoms with E-state index in [0.717, 1.165) is 0 Å². The van der Waals surface area contributed by atoms with E-state index in [0.29, 0.717) is 12.1 Å². The van der Waals surface area contributed by atoms with Crippen LogP contribution in [-0.4, -0.2) is 40.9 Å². The number of anilines is 2. The highest BCUT2D eigenvalue weighted by Gasteiger charge is 2.30. The van der Waals surface area contributed by atoms with Crippen molar-refractivity contribution in [3.8, 4) is 0 Å². The minimum Gasteiger partial charge on any atom is -0.479 e. The number of nitrogens with one attached hydrogen (secondary N) is 2. The van der Waals surface area contributed by atoms with Gasteiger partial charge in [0.05, 0.1) is 28.9 Å². The van der Waals surface area contributed by atoms with E-state index < -0.39 is 27.4 Å². The first kappa shape index (κ1) is 20.4. The number of rotatable bonds is 8. The number of nitrogens with zero attached hydrogens (tertiary/aromatic N) is 2. The normalized spacial score (nSPS) is 11.8. The Morgan fingerprint density at radius 2 is 1.93 bits per heavy atom. The summed E-state index contributed by atoms with van der Waals surface area (Å²) in [5, 5.41) is 15.8. The third kappa shape index (κ3) is 4.85. The molecule has 0 spiro atoms. The number of para-hydroxylation sites is 1. The lowest BCUT2D eigenvalue weighted by atomic mass is 10.1. The van der Waals surface area contributed by atoms with Gasteiger partial charge in [-0.25, -0.2) is 13.2 Å². The number of carbonyl (C=O) groups is 2. The molecule has 1 aromatic heterocycles. The second-order valence-corrected chi connectivity index (χ2v) is 8.30. The van der Waals surface area contributed by atoms with Crippen LogP contribution in [0.2, 0.25) is 0 Å². The minimum absolute atomic E-state index is 0.0556. The second-order valence-electron chi connectivity index (χ2n) is 6.46. The smallest absolute Gasteiger partial charge is 0.331 e. The fourth-order valence-electron chi connectivity index (χ4n) is 2.25. The first-order valence-electron chi connectivity index (χ1n) is 8.26. The average Bonchev–Trinajstić information content (AvgIpc) is 3.03. The van der Waals surface area contributed by atoms with Crippen LogP contribution in [0.25, 0.3) is 0 Å². The summed E-state index contributed by atoms with van der Waals surface area (Å²) in [4.78, 5) is 23.9. The average molecular weight is 394 g/mol. The maximum atomic E-state index is 12.6. The number of sulfonamides is 1. The van der Waals surface area contributed by atoms with Gasteiger partial charge in [-0.3, -0.25) is 14.2 Å². The predicted molar refractivity (Wildman–Crippen MR) is 101 cm³/mol. The molecule has 1 heterocycles. The number of hydrogen-bond acceptors (Lipinski definition) is 5. The van der Waals surface area contributed by atoms with Crippen molar-refractivity contribution in [2.24, 2.45) is 0 Å². The van der Waals surface area contributed by atoms with E-state index in [1.54, 1.807) is 19.1 Å². The zero-order valence-corrected chi connectivity index (χ0v) is 16.1. The predicted octanol–water partition coefficient (Wildman–Crippen LogP) is 2.11. The Kier molecular flexibility index (Phi) is 5.89. The molecule has 0 radical (unpaired) electrons. The van der Waals surface area contributed by atoms with Crippen LogP contribution in [0.4, 0.5) is 11.4 Å². The van der Waals surface area contributed by atoms with E-state index in [1.165, 1.54) is 43.1 Å². The maximum Gasteiger partial charge on any atom is 0.331 e. The summed E-state index contributed by atoms with van der Waals surface area (Å²) in [6.07, 6.45) is 3.17. The molecule has 0 aliphatic heterocycles. The summed E-state index contributed by atoms with van der Waals surface area (Å²) in [5.41, 5.74) is -0.680. The van der Waals surface area contributed by atoms with E-state index in [9.17, 15) is 23.1 Å². The van der Waals surface area contributed by atoms with Gasteiger partial charge in [-0.2, -0.15) is 5.10 Å². The lowest BCUT2D eigenvalue weighted by Gasteiger charge is -2.19. The van der Waals surface area contributed by atoms with E-state index in [-0.39, 0.29) is 17.0 Å². The SMILES string of the molecule is CCCS(=O)(=O)Nc1ccccc1C(=O)Nc1cnn(C(C)(C)C(=O)O)c1. The van der Waals surface area contributed by atoms with Gasteiger partial charge in [0, 0.05) is 6.20 Å². The molecule has 0 saturated carbocycles. The van der Waals surface area contributed by atoms with Crippen molar-refractivity contribution in [1.82, 2.24) is 9.78 Å². The van der Waals surface area contributed by atoms with Crippen LogP contribution >= 0.6 is 0 Å². The van der Waals surface area contributed by atoms with Crippen LogP contribution in [0.3, 0.4) is 0 Å². The summed E-state index contributed by atoms with van der Waals surface area (Å²) in [6.45, 7) is 4.70. The molecule has 2 aromatic rings. The summed E-state index contributed by atoms with van der Waals surface area (Å²) < 4.78 is 27.6. The van der Waals surface area contributed by atoms with Gasteiger partial charge in [-0.1, -0.05) is 19.1 Å². The van der Waals surface area contributed by atoms with E-state index in [4.69, 9.17) is 0 Å². The number of carbonyl (C=O) groups excluding carboxylic acids is 1. The van der Waals surface area contributed by atoms with E-state index in [2.05, 4.69) is 15.1 Å². The van der Waals surface area contributed by atoms with Gasteiger partial charge in [0.1, 0.15) is 0 Å². The number of amides is 1. The Labute approximate surface area is 157 Å². The van der Waals surface area contributed by atoms with Gasteiger partial charge in [0.15, 0.2) is 5.54 Å². The maximum absolute atomic E-state index is 12.6. The summed E-state index contributed by atoms with van der Waals surface area (Å²) >= 11 is 0. The third-order valence-electron chi connectivity index (χ3n) is 3.85. The number of benzene rings is 1. The Balaban J connectivity index is 2.23. The van der Waals surface area contributed by atoms with Crippen LogP contribution in [-0.2, 0) is 20.4 Å². The van der Waals surface area contributed by atoms with Crippen molar-refractivity contribution in [2.45, 2.75) is 32.7 Å². The highest BCUT2D eigenvalue weighted by molar-refractivity contribution is 7.92. The molecule has 1 amide bonds. The van der Waals surface area contributed by atoms with Gasteiger partial charge in [0.25, 0.3) is 5.91 Å². The molecule has 0 aliphatic carbocycles. The summed E-state index contributed by atoms with van der Waals surface area (Å²) in [6, 6.07) is 6.22. The molecule has 0 saturated heterocycles. The molecule has 0 unspecified atom stereocenters. The summed E-state index contributed by atoms with van der Waals surface area (Å²) in [7, 11) is -3.55. The first-order valence-corrected chi connectivity index (χ1v) is 9.91. The topological polar surface area (TPSA) is 130 Å². The minimum atomic E-state index is -3.55. The van der Waals surface area contributed by atoms with Crippen LogP contribution < -0.4 is 10.0 Å². The Bertz CT molecular complexity index is 950. The lowest BCUT2D eigenvalue weighted by Crippen LogP contribution is -2.35. The molecule has 0 aliphatic rings. The third-order valence-corrected chi connectivity index (χ3v) is 5.32. The van der Waals surface area contributed by atoms with Crippen molar-refractivity contribution >= 4 is 33.3 Å². The van der Waals surface area contributed by atoms with Gasteiger partial charge in [-0.05, 0) is 32.4 Å². The fraction of sp³-hybridized carbons (Fsp3) is 0.353. The molecule has 0 fully saturated rings. The largest absolute Gasteiger partial charge is 0.479 e. The van der Waals surface area contributed by atoms with Crippen LogP contribution in [0.15, 0.2) is 36.7 Å². The lowest BCUT2D eigenvalue weighted by molar-refractivity contribution is -0.146. The van der Waals surface area contributed by atoms with Gasteiger partial charge >= 0.3 is 5.97 Å². The number of aliphatic carboxylic acids is 1. The van der Waals surface area contributed by atoms with Crippen molar-refractivity contribution in [2.75, 3.05) is 15.8 Å². The van der Waals surface area contributed by atoms with E-state index in [1.807, 2.05) is 0 Å². The van der Waals surface area contributed by atoms with Crippen molar-refractivity contribution < 1.29 is 23.1 Å². The quantitative estimate of drug-likeness (QED) is 0.628. The van der Waals surface area contributed by atoms with Crippen molar-refractivity contribution in [3.05, 3.63) is 42.2 Å². The Morgan fingerprint density at radius 3 is 2.56 bits per heavy atom. The first-order chi connectivity index (χ1) is 12.6. The highest BCUT2D eigenvalue weighted by atomic mass is 32.2. The molecule has 10 heteroatoms. The molecular weight excluding hydrogens is 372 g/mol. The standard InChI is InChI=1S/C17H22N4O5S/c1-4-9-27(25,26)20-14-8-6-5-7-13(14)15(22)19-12-10-18-21(11-12)17(2,3)16(23)24/h5-8,10-11,20H,4,9H2,1-3H3,(H,19,22)(H,23,24). The molecule has 9 nitrogen and oxygen atoms in total. The van der Waals surface area contributed by atoms with Gasteiger partial charge < -0.3 is 10.4 Å². The Hall–Kier alpha value is -2.88. The molecule has 2 rings (SSSR count). The van der Waals surface area contributed by atoms with Crippen LogP contribution in [0, 0.1) is 0 Å². The van der Waals surface area contributed by atoms with Crippen LogP contribution in [0.5, 0.6) is 0 Å². The summed E-state index contributed by atoms with van der Waals surface area (Å²) in [5.74, 6) is -1.67. The molecular formula is C17H22N4O5S. The molecule has 0 bridgehead atoms. The second kappa shape index (κ2) is 7.78. The van der Waals surface area contributed by atoms with Gasteiger partial charge in [0.2, 0.25) is 10.0 Å². The van der Waals surface area contributed by atoms with Crippen molar-refractivity contribution in [1.29, 1.82) is 0 Å². The molecule has 0 atom stereocenters. The van der Waals surface area contributed by atoms with Crippen molar-refractivity contribution in [3.63, 3.8) is 0 Å². The molecule has 3 N–H and O–H groups in total. The highest BCUT2D eigenvalue weighted by Crippen LogP contribution is 2.21. The number of carboxylic acid groups (broad SMARTS) is 1. The molecule has 1 aromatic carbocycles. The Morgan fingerprint density at radius 1 is 1.26 bits per heavy atom. The van der Waals surface area contributed by atoms with Crippen LogP contribution in [0.1, 0.15) is 37.6 Å².